The zero-order valence-corrected chi connectivity index (χ0v) is 23.2. The zero-order chi connectivity index (χ0) is 28.3. The molecule has 10 nitrogen and oxygen atoms in total. The highest BCUT2D eigenvalue weighted by molar-refractivity contribution is 5.80. The Morgan fingerprint density at radius 1 is 1.07 bits per heavy atom. The predicted molar refractivity (Wildman–Crippen MR) is 156 cm³/mol. The number of hydrogen-bond acceptors (Lipinski definition) is 8. The van der Waals surface area contributed by atoms with Crippen LogP contribution < -0.4 is 5.56 Å². The van der Waals surface area contributed by atoms with Gasteiger partial charge in [0.15, 0.2) is 0 Å². The minimum atomic E-state index is -0.242. The Morgan fingerprint density at radius 2 is 1.88 bits per heavy atom. The molecule has 3 aromatic carbocycles. The third kappa shape index (κ3) is 5.41. The minimum absolute atomic E-state index is 0.0351. The Labute approximate surface area is 237 Å². The molecule has 0 bridgehead atoms. The largest absolute Gasteiger partial charge is 0.394 e. The van der Waals surface area contributed by atoms with Gasteiger partial charge in [0.25, 0.3) is 5.56 Å². The fourth-order valence-corrected chi connectivity index (χ4v) is 5.56. The monoisotopic (exact) mass is 551 g/mol. The van der Waals surface area contributed by atoms with Gasteiger partial charge in [0, 0.05) is 19.0 Å². The van der Waals surface area contributed by atoms with Gasteiger partial charge in [-0.2, -0.15) is 10.3 Å². The maximum Gasteiger partial charge on any atom is 0.261 e. The average Bonchev–Trinajstić information content (AvgIpc) is 3.68. The number of unbranched alkanes of at least 4 members (excludes halogenated alkanes) is 1. The van der Waals surface area contributed by atoms with Crippen LogP contribution in [-0.4, -0.2) is 60.1 Å². The van der Waals surface area contributed by atoms with E-state index in [1.807, 2.05) is 54.1 Å². The number of fused-ring (bicyclic) bond motifs is 1. The molecule has 2 N–H and O–H groups in total. The Bertz CT molecular complexity index is 1700. The molecule has 1 saturated heterocycles. The number of nitrogens with one attached hydrogen (secondary N) is 1. The molecule has 3 heterocycles. The molecule has 1 aliphatic rings. The number of benzene rings is 3. The summed E-state index contributed by atoms with van der Waals surface area (Å²) in [7, 11) is 1.86. The van der Waals surface area contributed by atoms with Crippen molar-refractivity contribution in [1.82, 2.24) is 35.2 Å². The number of aliphatic hydroxyl groups is 1. The molecule has 0 saturated carbocycles. The summed E-state index contributed by atoms with van der Waals surface area (Å²) in [6.07, 6.45) is 3.12. The maximum atomic E-state index is 14.0. The highest BCUT2D eigenvalue weighted by Crippen LogP contribution is 2.34. The fraction of sp³-hybridized carbons (Fsp3) is 0.323. The van der Waals surface area contributed by atoms with E-state index >= 15 is 0 Å². The lowest BCUT2D eigenvalue weighted by atomic mass is 9.98. The summed E-state index contributed by atoms with van der Waals surface area (Å²) in [5.74, 6) is 1.34. The van der Waals surface area contributed by atoms with Gasteiger partial charge in [-0.1, -0.05) is 67.9 Å². The number of aryl methyl sites for hydroxylation is 1. The van der Waals surface area contributed by atoms with E-state index < -0.39 is 0 Å². The van der Waals surface area contributed by atoms with Gasteiger partial charge in [-0.05, 0) is 52.4 Å². The van der Waals surface area contributed by atoms with Gasteiger partial charge in [-0.15, -0.1) is 10.2 Å². The highest BCUT2D eigenvalue weighted by atomic mass is 16.7. The van der Waals surface area contributed by atoms with Crippen LogP contribution in [0, 0.1) is 0 Å². The molecule has 2 atom stereocenters. The number of nitrogens with zero attached hydrogens (tertiary/aromatic N) is 6. The van der Waals surface area contributed by atoms with Crippen molar-refractivity contribution in [2.45, 2.75) is 51.3 Å². The van der Waals surface area contributed by atoms with E-state index in [9.17, 15) is 9.90 Å². The molecule has 0 unspecified atom stereocenters. The molecular weight excluding hydrogens is 518 g/mol. The first-order valence-electron chi connectivity index (χ1n) is 14.0. The summed E-state index contributed by atoms with van der Waals surface area (Å²) in [4.78, 5) is 24.6. The number of aromatic nitrogens is 6. The summed E-state index contributed by atoms with van der Waals surface area (Å²) in [6.45, 7) is 2.53. The number of aliphatic hydroxyl groups excluding tert-OH is 1. The first-order chi connectivity index (χ1) is 20.1. The summed E-state index contributed by atoms with van der Waals surface area (Å²) in [5.41, 5.74) is 5.57. The molecule has 41 heavy (non-hydrogen) atoms. The molecule has 0 radical (unpaired) electrons. The molecule has 10 heteroatoms. The van der Waals surface area contributed by atoms with Crippen molar-refractivity contribution in [2.75, 3.05) is 13.7 Å². The van der Waals surface area contributed by atoms with E-state index in [1.165, 1.54) is 0 Å². The topological polar surface area (TPSA) is 122 Å². The second-order valence-corrected chi connectivity index (χ2v) is 10.5. The Kier molecular flexibility index (Phi) is 7.69. The Hall–Kier alpha value is -4.25. The van der Waals surface area contributed by atoms with Crippen LogP contribution in [0.1, 0.15) is 49.2 Å². The average molecular weight is 552 g/mol. The summed E-state index contributed by atoms with van der Waals surface area (Å²) in [6, 6.07) is 22.0. The van der Waals surface area contributed by atoms with Crippen molar-refractivity contribution in [3.05, 3.63) is 94.0 Å². The minimum Gasteiger partial charge on any atom is -0.394 e. The van der Waals surface area contributed by atoms with E-state index in [0.29, 0.717) is 29.7 Å². The standard InChI is InChI=1S/C31H33N7O3/c1-3-4-9-29-32-27-15-14-22(28-17-23(19-39)41-37(28)2)16-26(27)31(40)38(29)18-20-10-12-21(13-11-20)24-7-5-6-8-25(24)30-33-35-36-34-30/h5-8,10-16,23,28,39H,3-4,9,17-19H2,1-2H3,(H,33,34,35,36)/t23-,28-/m0/s1. The van der Waals surface area contributed by atoms with Crippen LogP contribution in [0.3, 0.4) is 0 Å². The van der Waals surface area contributed by atoms with Gasteiger partial charge in [-0.3, -0.25) is 14.2 Å². The van der Waals surface area contributed by atoms with Crippen LogP contribution in [0.25, 0.3) is 33.4 Å². The number of hydrogen-bond donors (Lipinski definition) is 2. The van der Waals surface area contributed by atoms with Gasteiger partial charge >= 0.3 is 0 Å². The van der Waals surface area contributed by atoms with Crippen LogP contribution in [-0.2, 0) is 17.8 Å². The van der Waals surface area contributed by atoms with Crippen LogP contribution in [0.4, 0.5) is 0 Å². The van der Waals surface area contributed by atoms with E-state index in [-0.39, 0.29) is 24.3 Å². The number of tetrazole rings is 1. The second-order valence-electron chi connectivity index (χ2n) is 10.5. The molecule has 210 valence electrons. The van der Waals surface area contributed by atoms with E-state index in [4.69, 9.17) is 9.82 Å². The first kappa shape index (κ1) is 26.9. The number of rotatable bonds is 9. The van der Waals surface area contributed by atoms with Crippen LogP contribution in [0.5, 0.6) is 0 Å². The van der Waals surface area contributed by atoms with Crippen molar-refractivity contribution in [2.24, 2.45) is 0 Å². The fourth-order valence-electron chi connectivity index (χ4n) is 5.56. The van der Waals surface area contributed by atoms with Gasteiger partial charge in [0.1, 0.15) is 11.9 Å². The smallest absolute Gasteiger partial charge is 0.261 e. The van der Waals surface area contributed by atoms with Crippen molar-refractivity contribution in [1.29, 1.82) is 0 Å². The number of aromatic amines is 1. The maximum absolute atomic E-state index is 14.0. The highest BCUT2D eigenvalue weighted by Gasteiger charge is 2.32. The number of H-pyrrole nitrogens is 1. The van der Waals surface area contributed by atoms with E-state index in [2.05, 4.69) is 51.8 Å². The van der Waals surface area contributed by atoms with Crippen LogP contribution in [0.2, 0.25) is 0 Å². The van der Waals surface area contributed by atoms with Crippen LogP contribution >= 0.6 is 0 Å². The molecule has 1 aliphatic heterocycles. The summed E-state index contributed by atoms with van der Waals surface area (Å²) >= 11 is 0. The normalized spacial score (nSPS) is 17.4. The lowest BCUT2D eigenvalue weighted by Crippen LogP contribution is -2.26. The third-order valence-corrected chi connectivity index (χ3v) is 7.76. The van der Waals surface area contributed by atoms with E-state index in [0.717, 1.165) is 52.9 Å². The molecule has 0 spiro atoms. The van der Waals surface area contributed by atoms with Gasteiger partial charge < -0.3 is 5.11 Å². The quantitative estimate of drug-likeness (QED) is 0.278. The second kappa shape index (κ2) is 11.7. The molecule has 2 aromatic heterocycles. The SMILES string of the molecule is CCCCc1nc2ccc([C@@H]3C[C@@H](CO)ON3C)cc2c(=O)n1Cc1ccc(-c2ccccc2-c2nn[nH]n2)cc1. The third-order valence-electron chi connectivity index (χ3n) is 7.76. The Balaban J connectivity index is 1.34. The van der Waals surface area contributed by atoms with Crippen molar-refractivity contribution in [3.8, 4) is 22.5 Å². The predicted octanol–water partition coefficient (Wildman–Crippen LogP) is 4.30. The summed E-state index contributed by atoms with van der Waals surface area (Å²) < 4.78 is 1.81. The molecule has 6 rings (SSSR count). The number of hydroxylamine groups is 2. The molecule has 0 amide bonds. The lowest BCUT2D eigenvalue weighted by molar-refractivity contribution is -0.153. The van der Waals surface area contributed by atoms with Gasteiger partial charge in [0.05, 0.1) is 30.1 Å². The van der Waals surface area contributed by atoms with Crippen molar-refractivity contribution >= 4 is 10.9 Å². The lowest BCUT2D eigenvalue weighted by Gasteiger charge is -2.19. The van der Waals surface area contributed by atoms with Crippen molar-refractivity contribution < 1.29 is 9.94 Å². The van der Waals surface area contributed by atoms with E-state index in [1.54, 1.807) is 5.06 Å². The van der Waals surface area contributed by atoms with Crippen molar-refractivity contribution in [3.63, 3.8) is 0 Å². The zero-order valence-electron chi connectivity index (χ0n) is 23.2. The molecule has 0 aliphatic carbocycles. The molecule has 5 aromatic rings. The summed E-state index contributed by atoms with van der Waals surface area (Å²) in [5, 5.41) is 26.4. The van der Waals surface area contributed by atoms with Gasteiger partial charge in [-0.25, -0.2) is 4.98 Å². The first-order valence-corrected chi connectivity index (χ1v) is 14.0. The molecule has 1 fully saturated rings. The van der Waals surface area contributed by atoms with Gasteiger partial charge in [0.2, 0.25) is 5.82 Å². The van der Waals surface area contributed by atoms with Crippen LogP contribution in [0.15, 0.2) is 71.5 Å². The molecular formula is C31H33N7O3. The Morgan fingerprint density at radius 3 is 2.59 bits per heavy atom.